The zero-order valence-electron chi connectivity index (χ0n) is 10.9. The molecule has 0 spiro atoms. The third-order valence-electron chi connectivity index (χ3n) is 2.58. The predicted octanol–water partition coefficient (Wildman–Crippen LogP) is 2.28. The molecule has 0 radical (unpaired) electrons. The molecule has 7 heteroatoms. The van der Waals surface area contributed by atoms with Gasteiger partial charge < -0.3 is 15.2 Å². The monoisotopic (exact) mass is 337 g/mol. The molecule has 0 bridgehead atoms. The van der Waals surface area contributed by atoms with Gasteiger partial charge in [0.05, 0.1) is 14.2 Å². The number of hydrogen-bond acceptors (Lipinski definition) is 6. The van der Waals surface area contributed by atoms with Gasteiger partial charge in [-0.15, -0.1) is 0 Å². The van der Waals surface area contributed by atoms with Crippen LogP contribution in [-0.4, -0.2) is 30.2 Å². The number of methoxy groups -OCH3 is 2. The molecule has 0 unspecified atom stereocenters. The number of carbonyl (C=O) groups excluding carboxylic acids is 1. The van der Waals surface area contributed by atoms with Gasteiger partial charge >= 0.3 is 5.97 Å². The summed E-state index contributed by atoms with van der Waals surface area (Å²) in [4.78, 5) is 20.0. The second-order valence-corrected chi connectivity index (χ2v) is 4.73. The van der Waals surface area contributed by atoms with Crippen LogP contribution in [0.25, 0.3) is 11.4 Å². The Morgan fingerprint density at radius 1 is 1.20 bits per heavy atom. The standard InChI is InChI=1S/C13H12BrN3O3/c1-19-10-9(13(18)20-2)16-12(17-11(10)15)7-3-5-8(14)6-4-7/h3-6H,1-2H3,(H2,15,16,17). The van der Waals surface area contributed by atoms with Crippen LogP contribution in [0.15, 0.2) is 28.7 Å². The summed E-state index contributed by atoms with van der Waals surface area (Å²) in [5.41, 5.74) is 6.53. The number of carbonyl (C=O) groups is 1. The van der Waals surface area contributed by atoms with E-state index >= 15 is 0 Å². The molecule has 0 saturated heterocycles. The van der Waals surface area contributed by atoms with Crippen molar-refractivity contribution in [1.82, 2.24) is 9.97 Å². The van der Waals surface area contributed by atoms with E-state index in [4.69, 9.17) is 10.5 Å². The van der Waals surface area contributed by atoms with Gasteiger partial charge in [-0.3, -0.25) is 0 Å². The molecule has 1 aromatic heterocycles. The number of nitrogens with zero attached hydrogens (tertiary/aromatic N) is 2. The molecule has 2 aromatic rings. The van der Waals surface area contributed by atoms with E-state index in [2.05, 4.69) is 30.6 Å². The number of esters is 1. The summed E-state index contributed by atoms with van der Waals surface area (Å²) in [5.74, 6) is -0.107. The maximum absolute atomic E-state index is 11.7. The van der Waals surface area contributed by atoms with Gasteiger partial charge in [-0.25, -0.2) is 14.8 Å². The molecule has 0 atom stereocenters. The van der Waals surface area contributed by atoms with Gasteiger partial charge in [0, 0.05) is 10.0 Å². The molecule has 0 amide bonds. The van der Waals surface area contributed by atoms with Crippen LogP contribution in [0.5, 0.6) is 5.75 Å². The van der Waals surface area contributed by atoms with Crippen molar-refractivity contribution in [2.75, 3.05) is 20.0 Å². The second kappa shape index (κ2) is 5.87. The second-order valence-electron chi connectivity index (χ2n) is 3.81. The number of nitrogen functional groups attached to an aromatic ring is 1. The number of anilines is 1. The van der Waals surface area contributed by atoms with Crippen molar-refractivity contribution < 1.29 is 14.3 Å². The minimum absolute atomic E-state index is 0.000388. The highest BCUT2D eigenvalue weighted by Crippen LogP contribution is 2.27. The fraction of sp³-hybridized carbons (Fsp3) is 0.154. The average molecular weight is 338 g/mol. The highest BCUT2D eigenvalue weighted by Gasteiger charge is 2.20. The van der Waals surface area contributed by atoms with Crippen LogP contribution in [0.3, 0.4) is 0 Å². The smallest absolute Gasteiger partial charge is 0.360 e. The van der Waals surface area contributed by atoms with Crippen LogP contribution in [0, 0.1) is 0 Å². The first kappa shape index (κ1) is 14.3. The van der Waals surface area contributed by atoms with Gasteiger partial charge in [-0.05, 0) is 12.1 Å². The van der Waals surface area contributed by atoms with Crippen LogP contribution < -0.4 is 10.5 Å². The Morgan fingerprint density at radius 2 is 1.85 bits per heavy atom. The third kappa shape index (κ3) is 2.72. The molecule has 6 nitrogen and oxygen atoms in total. The number of ether oxygens (including phenoxy) is 2. The lowest BCUT2D eigenvalue weighted by Gasteiger charge is -2.10. The number of hydrogen-bond donors (Lipinski definition) is 1. The van der Waals surface area contributed by atoms with Crippen molar-refractivity contribution in [3.05, 3.63) is 34.4 Å². The summed E-state index contributed by atoms with van der Waals surface area (Å²) in [5, 5.41) is 0. The lowest BCUT2D eigenvalue weighted by atomic mass is 10.2. The molecule has 0 saturated carbocycles. The van der Waals surface area contributed by atoms with Crippen LogP contribution in [0.2, 0.25) is 0 Å². The molecule has 1 heterocycles. The molecular weight excluding hydrogens is 326 g/mol. The van der Waals surface area contributed by atoms with Crippen molar-refractivity contribution in [3.63, 3.8) is 0 Å². The average Bonchev–Trinajstić information content (AvgIpc) is 2.46. The molecule has 0 aliphatic heterocycles. The number of aromatic nitrogens is 2. The van der Waals surface area contributed by atoms with Crippen LogP contribution in [-0.2, 0) is 4.74 Å². The molecule has 104 valence electrons. The minimum Gasteiger partial charge on any atom is -0.491 e. The number of benzene rings is 1. The summed E-state index contributed by atoms with van der Waals surface area (Å²) in [7, 11) is 2.65. The van der Waals surface area contributed by atoms with Crippen molar-refractivity contribution in [2.24, 2.45) is 0 Å². The molecule has 0 aliphatic rings. The van der Waals surface area contributed by atoms with E-state index in [1.165, 1.54) is 14.2 Å². The number of rotatable bonds is 3. The van der Waals surface area contributed by atoms with E-state index < -0.39 is 5.97 Å². The normalized spacial score (nSPS) is 10.2. The SMILES string of the molecule is COC(=O)c1nc(-c2ccc(Br)cc2)nc(N)c1OC. The molecular formula is C13H12BrN3O3. The summed E-state index contributed by atoms with van der Waals surface area (Å²) >= 11 is 3.34. The molecule has 2 N–H and O–H groups in total. The summed E-state index contributed by atoms with van der Waals surface area (Å²) in [6.45, 7) is 0. The van der Waals surface area contributed by atoms with Gasteiger partial charge in [-0.2, -0.15) is 0 Å². The topological polar surface area (TPSA) is 87.3 Å². The molecule has 0 fully saturated rings. The van der Waals surface area contributed by atoms with E-state index in [0.717, 1.165) is 10.0 Å². The Morgan fingerprint density at radius 3 is 2.40 bits per heavy atom. The first-order chi connectivity index (χ1) is 9.56. The fourth-order valence-corrected chi connectivity index (χ4v) is 1.90. The number of halogens is 1. The highest BCUT2D eigenvalue weighted by molar-refractivity contribution is 9.10. The Kier molecular flexibility index (Phi) is 4.19. The molecule has 0 aliphatic carbocycles. The largest absolute Gasteiger partial charge is 0.491 e. The van der Waals surface area contributed by atoms with E-state index in [-0.39, 0.29) is 17.3 Å². The zero-order valence-corrected chi connectivity index (χ0v) is 12.5. The Hall–Kier alpha value is -2.15. The molecule has 20 heavy (non-hydrogen) atoms. The van der Waals surface area contributed by atoms with Crippen LogP contribution >= 0.6 is 15.9 Å². The van der Waals surface area contributed by atoms with E-state index in [0.29, 0.717) is 5.82 Å². The van der Waals surface area contributed by atoms with Crippen LogP contribution in [0.4, 0.5) is 5.82 Å². The van der Waals surface area contributed by atoms with Gasteiger partial charge in [0.1, 0.15) is 0 Å². The van der Waals surface area contributed by atoms with Gasteiger partial charge in [0.25, 0.3) is 0 Å². The highest BCUT2D eigenvalue weighted by atomic mass is 79.9. The van der Waals surface area contributed by atoms with Crippen LogP contribution in [0.1, 0.15) is 10.5 Å². The lowest BCUT2D eigenvalue weighted by Crippen LogP contribution is -2.11. The third-order valence-corrected chi connectivity index (χ3v) is 3.11. The first-order valence-electron chi connectivity index (χ1n) is 5.62. The Balaban J connectivity index is 2.58. The zero-order chi connectivity index (χ0) is 14.7. The maximum atomic E-state index is 11.7. The Bertz CT molecular complexity index is 644. The Labute approximate surface area is 124 Å². The van der Waals surface area contributed by atoms with Gasteiger partial charge in [0.2, 0.25) is 0 Å². The summed E-state index contributed by atoms with van der Waals surface area (Å²) in [6, 6.07) is 7.31. The van der Waals surface area contributed by atoms with Gasteiger partial charge in [0.15, 0.2) is 23.1 Å². The maximum Gasteiger partial charge on any atom is 0.360 e. The number of nitrogens with two attached hydrogens (primary N) is 1. The first-order valence-corrected chi connectivity index (χ1v) is 6.42. The summed E-state index contributed by atoms with van der Waals surface area (Å²) < 4.78 is 10.6. The summed E-state index contributed by atoms with van der Waals surface area (Å²) in [6.07, 6.45) is 0. The fourth-order valence-electron chi connectivity index (χ4n) is 1.63. The quantitative estimate of drug-likeness (QED) is 0.864. The van der Waals surface area contributed by atoms with E-state index in [1.54, 1.807) is 0 Å². The predicted molar refractivity (Wildman–Crippen MR) is 77.5 cm³/mol. The minimum atomic E-state index is -0.630. The molecule has 2 rings (SSSR count). The van der Waals surface area contributed by atoms with Crippen molar-refractivity contribution in [3.8, 4) is 17.1 Å². The van der Waals surface area contributed by atoms with Gasteiger partial charge in [-0.1, -0.05) is 28.1 Å². The van der Waals surface area contributed by atoms with Crippen molar-refractivity contribution in [2.45, 2.75) is 0 Å². The lowest BCUT2D eigenvalue weighted by molar-refractivity contribution is 0.0590. The molecule has 1 aromatic carbocycles. The van der Waals surface area contributed by atoms with Crippen molar-refractivity contribution >= 4 is 27.7 Å². The van der Waals surface area contributed by atoms with E-state index in [1.807, 2.05) is 24.3 Å². The van der Waals surface area contributed by atoms with Crippen molar-refractivity contribution in [1.29, 1.82) is 0 Å². The van der Waals surface area contributed by atoms with E-state index in [9.17, 15) is 4.79 Å².